The van der Waals surface area contributed by atoms with Crippen LogP contribution in [0.2, 0.25) is 0 Å². The summed E-state index contributed by atoms with van der Waals surface area (Å²) in [6.07, 6.45) is 2.76. The van der Waals surface area contributed by atoms with E-state index in [0.29, 0.717) is 17.1 Å². The van der Waals surface area contributed by atoms with Gasteiger partial charge in [-0.25, -0.2) is 4.98 Å². The van der Waals surface area contributed by atoms with Gasteiger partial charge in [-0.15, -0.1) is 11.3 Å². The molecule has 2 N–H and O–H groups in total. The number of carbonyl (C=O) groups excluding carboxylic acids is 1. The third kappa shape index (κ3) is 4.27. The monoisotopic (exact) mass is 454 g/mol. The topological polar surface area (TPSA) is 79.8 Å². The molecular formula is C23H26N4O2S2. The van der Waals surface area contributed by atoms with Gasteiger partial charge in [0.25, 0.3) is 5.56 Å². The van der Waals surface area contributed by atoms with Crippen LogP contribution >= 0.6 is 23.1 Å². The number of benzene rings is 1. The Hall–Kier alpha value is -2.58. The fraction of sp³-hybridized carbons (Fsp3) is 0.348. The van der Waals surface area contributed by atoms with Crippen LogP contribution in [0.15, 0.2) is 40.4 Å². The molecule has 162 valence electrons. The quantitative estimate of drug-likeness (QED) is 0.316. The van der Waals surface area contributed by atoms with Gasteiger partial charge in [-0.1, -0.05) is 30.0 Å². The molecule has 0 fully saturated rings. The third-order valence-electron chi connectivity index (χ3n) is 5.44. The van der Waals surface area contributed by atoms with Crippen molar-refractivity contribution in [2.45, 2.75) is 45.3 Å². The number of carbonyl (C=O) groups is 1. The Labute approximate surface area is 189 Å². The van der Waals surface area contributed by atoms with Crippen LogP contribution < -0.4 is 10.9 Å². The van der Waals surface area contributed by atoms with Gasteiger partial charge in [0.2, 0.25) is 5.91 Å². The van der Waals surface area contributed by atoms with Crippen LogP contribution in [0.5, 0.6) is 0 Å². The molecule has 0 aliphatic heterocycles. The standard InChI is InChI=1S/C23H26N4O2S2/c1-13(2)27-22(29)20-14(3)15(4)31-21(20)26-23(27)30-12-19(28)24-10-9-16-11-25-18-8-6-5-7-17(16)18/h5-8,11,13,25H,9-10,12H2,1-4H3,(H,24,28). The number of thioether (sulfide) groups is 1. The second-order valence-electron chi connectivity index (χ2n) is 7.87. The Kier molecular flexibility index (Phi) is 6.20. The van der Waals surface area contributed by atoms with Gasteiger partial charge in [-0.3, -0.25) is 14.2 Å². The molecule has 3 aromatic heterocycles. The highest BCUT2D eigenvalue weighted by Crippen LogP contribution is 2.29. The van der Waals surface area contributed by atoms with Crippen molar-refractivity contribution in [3.05, 3.63) is 56.8 Å². The molecule has 0 saturated carbocycles. The zero-order valence-corrected chi connectivity index (χ0v) is 19.7. The minimum absolute atomic E-state index is 0.0240. The van der Waals surface area contributed by atoms with Gasteiger partial charge in [-0.05, 0) is 51.3 Å². The minimum Gasteiger partial charge on any atom is -0.361 e. The molecule has 0 atom stereocenters. The van der Waals surface area contributed by atoms with E-state index in [4.69, 9.17) is 4.98 Å². The van der Waals surface area contributed by atoms with E-state index >= 15 is 0 Å². The molecule has 0 radical (unpaired) electrons. The van der Waals surface area contributed by atoms with Crippen LogP contribution in [-0.4, -0.2) is 32.7 Å². The van der Waals surface area contributed by atoms with Crippen LogP contribution in [-0.2, 0) is 11.2 Å². The summed E-state index contributed by atoms with van der Waals surface area (Å²) < 4.78 is 1.70. The van der Waals surface area contributed by atoms with E-state index in [2.05, 4.69) is 16.4 Å². The first kappa shape index (κ1) is 21.6. The van der Waals surface area contributed by atoms with Gasteiger partial charge >= 0.3 is 0 Å². The summed E-state index contributed by atoms with van der Waals surface area (Å²) in [5, 5.41) is 5.47. The van der Waals surface area contributed by atoms with Crippen LogP contribution in [0.1, 0.15) is 35.9 Å². The van der Waals surface area contributed by atoms with Crippen molar-refractivity contribution in [3.8, 4) is 0 Å². The number of para-hydroxylation sites is 1. The minimum atomic E-state index is -0.0620. The van der Waals surface area contributed by atoms with Crippen molar-refractivity contribution in [1.29, 1.82) is 0 Å². The van der Waals surface area contributed by atoms with Gasteiger partial charge in [0, 0.05) is 34.6 Å². The Morgan fingerprint density at radius 3 is 2.84 bits per heavy atom. The molecule has 0 unspecified atom stereocenters. The van der Waals surface area contributed by atoms with Crippen molar-refractivity contribution in [1.82, 2.24) is 19.9 Å². The first-order valence-electron chi connectivity index (χ1n) is 10.3. The number of amides is 1. The summed E-state index contributed by atoms with van der Waals surface area (Å²) in [5.74, 6) is 0.162. The molecule has 0 saturated heterocycles. The van der Waals surface area contributed by atoms with E-state index in [0.717, 1.165) is 27.2 Å². The van der Waals surface area contributed by atoms with Crippen LogP contribution in [0.25, 0.3) is 21.1 Å². The summed E-state index contributed by atoms with van der Waals surface area (Å²) in [6, 6.07) is 8.12. The fourth-order valence-corrected chi connectivity index (χ4v) is 5.73. The second-order valence-corrected chi connectivity index (χ2v) is 10.0. The molecule has 8 heteroatoms. The molecule has 6 nitrogen and oxygen atoms in total. The Morgan fingerprint density at radius 1 is 1.29 bits per heavy atom. The summed E-state index contributed by atoms with van der Waals surface area (Å²) in [4.78, 5) is 35.4. The number of aryl methyl sites for hydroxylation is 2. The van der Waals surface area contributed by atoms with E-state index in [9.17, 15) is 9.59 Å². The maximum atomic E-state index is 13.1. The fourth-order valence-electron chi connectivity index (χ4n) is 3.70. The third-order valence-corrected chi connectivity index (χ3v) is 7.50. The highest BCUT2D eigenvalue weighted by molar-refractivity contribution is 7.99. The number of nitrogens with zero attached hydrogens (tertiary/aromatic N) is 2. The number of fused-ring (bicyclic) bond motifs is 2. The lowest BCUT2D eigenvalue weighted by molar-refractivity contribution is -0.118. The molecular weight excluding hydrogens is 428 g/mol. The van der Waals surface area contributed by atoms with Crippen molar-refractivity contribution < 1.29 is 4.79 Å². The van der Waals surface area contributed by atoms with Crippen LogP contribution in [0, 0.1) is 13.8 Å². The SMILES string of the molecule is Cc1sc2nc(SCC(=O)NCCc3c[nH]c4ccccc34)n(C(C)C)c(=O)c2c1C. The normalized spacial score (nSPS) is 11.6. The Balaban J connectivity index is 1.43. The predicted molar refractivity (Wildman–Crippen MR) is 129 cm³/mol. The number of hydrogen-bond acceptors (Lipinski definition) is 5. The molecule has 1 aromatic carbocycles. The summed E-state index contributed by atoms with van der Waals surface area (Å²) in [6.45, 7) is 8.47. The van der Waals surface area contributed by atoms with E-state index in [1.807, 2.05) is 52.1 Å². The average molecular weight is 455 g/mol. The van der Waals surface area contributed by atoms with Gasteiger partial charge in [0.05, 0.1) is 11.1 Å². The number of aromatic amines is 1. The first-order valence-corrected chi connectivity index (χ1v) is 12.1. The van der Waals surface area contributed by atoms with E-state index in [1.165, 1.54) is 34.0 Å². The van der Waals surface area contributed by atoms with Crippen molar-refractivity contribution in [2.75, 3.05) is 12.3 Å². The van der Waals surface area contributed by atoms with E-state index < -0.39 is 0 Å². The highest BCUT2D eigenvalue weighted by atomic mass is 32.2. The highest BCUT2D eigenvalue weighted by Gasteiger charge is 2.19. The van der Waals surface area contributed by atoms with E-state index in [-0.39, 0.29) is 23.3 Å². The summed E-state index contributed by atoms with van der Waals surface area (Å²) in [7, 11) is 0. The predicted octanol–water partition coefficient (Wildman–Crippen LogP) is 4.59. The van der Waals surface area contributed by atoms with Crippen molar-refractivity contribution in [2.24, 2.45) is 0 Å². The molecule has 0 spiro atoms. The Morgan fingerprint density at radius 2 is 2.06 bits per heavy atom. The molecule has 0 bridgehead atoms. The zero-order chi connectivity index (χ0) is 22.1. The van der Waals surface area contributed by atoms with Crippen molar-refractivity contribution >= 4 is 50.1 Å². The molecule has 4 aromatic rings. The van der Waals surface area contributed by atoms with E-state index in [1.54, 1.807) is 4.57 Å². The lowest BCUT2D eigenvalue weighted by Gasteiger charge is -2.15. The summed E-state index contributed by atoms with van der Waals surface area (Å²) in [5.41, 5.74) is 3.27. The molecule has 0 aliphatic rings. The maximum Gasteiger partial charge on any atom is 0.263 e. The van der Waals surface area contributed by atoms with Gasteiger partial charge in [0.1, 0.15) is 4.83 Å². The van der Waals surface area contributed by atoms with Gasteiger partial charge < -0.3 is 10.3 Å². The van der Waals surface area contributed by atoms with Crippen LogP contribution in [0.3, 0.4) is 0 Å². The Bertz CT molecular complexity index is 1320. The van der Waals surface area contributed by atoms with Crippen LogP contribution in [0.4, 0.5) is 0 Å². The average Bonchev–Trinajstić information content (AvgIpc) is 3.27. The molecule has 0 aliphatic carbocycles. The largest absolute Gasteiger partial charge is 0.361 e. The molecule has 31 heavy (non-hydrogen) atoms. The maximum absolute atomic E-state index is 13.1. The first-order chi connectivity index (χ1) is 14.9. The zero-order valence-electron chi connectivity index (χ0n) is 18.1. The lowest BCUT2D eigenvalue weighted by Crippen LogP contribution is -2.29. The molecule has 1 amide bonds. The molecule has 3 heterocycles. The smallest absolute Gasteiger partial charge is 0.263 e. The number of aromatic nitrogens is 3. The van der Waals surface area contributed by atoms with Gasteiger partial charge in [0.15, 0.2) is 5.16 Å². The number of rotatable bonds is 7. The number of nitrogens with one attached hydrogen (secondary N) is 2. The number of hydrogen-bond donors (Lipinski definition) is 2. The van der Waals surface area contributed by atoms with Gasteiger partial charge in [-0.2, -0.15) is 0 Å². The van der Waals surface area contributed by atoms with Crippen molar-refractivity contribution in [3.63, 3.8) is 0 Å². The molecule has 4 rings (SSSR count). The lowest BCUT2D eigenvalue weighted by atomic mass is 10.1. The second kappa shape index (κ2) is 8.88. The number of thiophene rings is 1. The number of H-pyrrole nitrogens is 1. The summed E-state index contributed by atoms with van der Waals surface area (Å²) >= 11 is 2.85.